The van der Waals surface area contributed by atoms with Crippen LogP contribution < -0.4 is 10.6 Å². The molecule has 1 fully saturated rings. The molecular formula is C14H22N4. The number of nitrogens with one attached hydrogen (secondary N) is 1. The molecule has 1 saturated carbocycles. The minimum atomic E-state index is 0.114. The molecule has 4 nitrogen and oxygen atoms in total. The normalized spacial score (nSPS) is 15.2. The second kappa shape index (κ2) is 5.38. The zero-order valence-corrected chi connectivity index (χ0v) is 11.2. The first kappa shape index (κ1) is 12.9. The van der Waals surface area contributed by atoms with Crippen molar-refractivity contribution in [2.75, 3.05) is 18.0 Å². The summed E-state index contributed by atoms with van der Waals surface area (Å²) in [5.74, 6) is 1.77. The van der Waals surface area contributed by atoms with Gasteiger partial charge in [0.2, 0.25) is 0 Å². The minimum Gasteiger partial charge on any atom is -0.384 e. The monoisotopic (exact) mass is 246 g/mol. The van der Waals surface area contributed by atoms with Crippen LogP contribution >= 0.6 is 0 Å². The van der Waals surface area contributed by atoms with Gasteiger partial charge >= 0.3 is 0 Å². The molecule has 1 heterocycles. The van der Waals surface area contributed by atoms with Gasteiger partial charge in [0.1, 0.15) is 11.7 Å². The molecule has 0 bridgehead atoms. The number of amidine groups is 1. The first-order valence-electron chi connectivity index (χ1n) is 6.68. The van der Waals surface area contributed by atoms with Crippen molar-refractivity contribution in [2.45, 2.75) is 33.1 Å². The molecule has 0 radical (unpaired) electrons. The molecule has 1 aromatic rings. The smallest absolute Gasteiger partial charge is 0.139 e. The Morgan fingerprint density at radius 3 is 2.78 bits per heavy atom. The van der Waals surface area contributed by atoms with Crippen molar-refractivity contribution < 1.29 is 0 Å². The highest BCUT2D eigenvalue weighted by molar-refractivity contribution is 6.01. The number of hydrogen-bond donors (Lipinski definition) is 2. The molecule has 98 valence electrons. The Morgan fingerprint density at radius 1 is 1.56 bits per heavy atom. The van der Waals surface area contributed by atoms with Crippen LogP contribution in [-0.4, -0.2) is 23.9 Å². The number of aromatic nitrogens is 1. The summed E-state index contributed by atoms with van der Waals surface area (Å²) < 4.78 is 0. The van der Waals surface area contributed by atoms with Crippen molar-refractivity contribution in [3.05, 3.63) is 23.4 Å². The molecule has 0 atom stereocenters. The number of pyridine rings is 1. The van der Waals surface area contributed by atoms with Gasteiger partial charge in [-0.1, -0.05) is 6.42 Å². The minimum absolute atomic E-state index is 0.114. The lowest BCUT2D eigenvalue weighted by Gasteiger charge is -2.33. The topological polar surface area (TPSA) is 66.0 Å². The number of nitrogen functional groups attached to an aromatic ring is 1. The van der Waals surface area contributed by atoms with Gasteiger partial charge in [-0.3, -0.25) is 5.41 Å². The van der Waals surface area contributed by atoms with E-state index in [-0.39, 0.29) is 5.84 Å². The van der Waals surface area contributed by atoms with Gasteiger partial charge in [-0.2, -0.15) is 0 Å². The van der Waals surface area contributed by atoms with Gasteiger partial charge in [0.05, 0.1) is 5.56 Å². The summed E-state index contributed by atoms with van der Waals surface area (Å²) in [6, 6.07) is 1.91. The van der Waals surface area contributed by atoms with Crippen molar-refractivity contribution in [1.82, 2.24) is 4.98 Å². The van der Waals surface area contributed by atoms with Gasteiger partial charge in [0.15, 0.2) is 0 Å². The maximum atomic E-state index is 7.74. The number of nitrogens with zero attached hydrogens (tertiary/aromatic N) is 2. The van der Waals surface area contributed by atoms with Gasteiger partial charge < -0.3 is 10.6 Å². The zero-order valence-electron chi connectivity index (χ0n) is 11.2. The van der Waals surface area contributed by atoms with Crippen molar-refractivity contribution in [1.29, 1.82) is 5.41 Å². The molecule has 0 amide bonds. The fourth-order valence-electron chi connectivity index (χ4n) is 2.47. The number of rotatable bonds is 5. The molecule has 4 heteroatoms. The summed E-state index contributed by atoms with van der Waals surface area (Å²) in [5, 5.41) is 7.74. The highest BCUT2D eigenvalue weighted by Crippen LogP contribution is 2.29. The summed E-state index contributed by atoms with van der Waals surface area (Å²) >= 11 is 0. The molecular weight excluding hydrogens is 224 g/mol. The summed E-state index contributed by atoms with van der Waals surface area (Å²) in [7, 11) is 0. The van der Waals surface area contributed by atoms with E-state index in [1.54, 1.807) is 6.20 Å². The van der Waals surface area contributed by atoms with Crippen LogP contribution in [0.4, 0.5) is 5.82 Å². The lowest BCUT2D eigenvalue weighted by atomic mass is 9.85. The molecule has 3 N–H and O–H groups in total. The highest BCUT2D eigenvalue weighted by atomic mass is 15.2. The van der Waals surface area contributed by atoms with Crippen LogP contribution in [0.1, 0.15) is 37.3 Å². The number of hydrogen-bond acceptors (Lipinski definition) is 3. The lowest BCUT2D eigenvalue weighted by molar-refractivity contribution is 0.318. The largest absolute Gasteiger partial charge is 0.384 e. The summed E-state index contributed by atoms with van der Waals surface area (Å²) in [4.78, 5) is 6.71. The van der Waals surface area contributed by atoms with Crippen LogP contribution in [0.2, 0.25) is 0 Å². The third-order valence-corrected chi connectivity index (χ3v) is 3.79. The Hall–Kier alpha value is -1.58. The first-order valence-corrected chi connectivity index (χ1v) is 6.68. The highest BCUT2D eigenvalue weighted by Gasteiger charge is 2.23. The molecule has 1 aliphatic carbocycles. The SMILES string of the molecule is CCN(CC1CCC1)c1nccc(C)c1C(=N)N. The van der Waals surface area contributed by atoms with E-state index in [4.69, 9.17) is 11.1 Å². The Labute approximate surface area is 109 Å². The summed E-state index contributed by atoms with van der Waals surface area (Å²) in [6.07, 6.45) is 5.79. The molecule has 0 aliphatic heterocycles. The van der Waals surface area contributed by atoms with E-state index in [1.165, 1.54) is 19.3 Å². The van der Waals surface area contributed by atoms with E-state index in [1.807, 2.05) is 13.0 Å². The van der Waals surface area contributed by atoms with E-state index in [0.717, 1.165) is 36.0 Å². The quantitative estimate of drug-likeness (QED) is 0.619. The Morgan fingerprint density at radius 2 is 2.28 bits per heavy atom. The Bertz CT molecular complexity index is 437. The van der Waals surface area contributed by atoms with Gasteiger partial charge in [-0.25, -0.2) is 4.98 Å². The van der Waals surface area contributed by atoms with E-state index in [9.17, 15) is 0 Å². The van der Waals surface area contributed by atoms with Crippen LogP contribution in [0.15, 0.2) is 12.3 Å². The van der Waals surface area contributed by atoms with E-state index in [0.29, 0.717) is 0 Å². The van der Waals surface area contributed by atoms with Gasteiger partial charge in [-0.05, 0) is 44.2 Å². The van der Waals surface area contributed by atoms with Crippen LogP contribution in [0.3, 0.4) is 0 Å². The average Bonchev–Trinajstić information content (AvgIpc) is 2.27. The van der Waals surface area contributed by atoms with Crippen molar-refractivity contribution in [3.63, 3.8) is 0 Å². The number of aryl methyl sites for hydroxylation is 1. The van der Waals surface area contributed by atoms with Crippen LogP contribution in [0.5, 0.6) is 0 Å². The second-order valence-corrected chi connectivity index (χ2v) is 5.08. The fraction of sp³-hybridized carbons (Fsp3) is 0.571. The van der Waals surface area contributed by atoms with Crippen molar-refractivity contribution in [2.24, 2.45) is 11.7 Å². The van der Waals surface area contributed by atoms with Crippen molar-refractivity contribution >= 4 is 11.7 Å². The standard InChI is InChI=1S/C14H22N4/c1-3-18(9-11-5-4-6-11)14-12(13(15)16)10(2)7-8-17-14/h7-8,11H,3-6,9H2,1-2H3,(H3,15,16). The van der Waals surface area contributed by atoms with Crippen LogP contribution in [0.25, 0.3) is 0 Å². The van der Waals surface area contributed by atoms with Gasteiger partial charge in [-0.15, -0.1) is 0 Å². The molecule has 1 aromatic heterocycles. The van der Waals surface area contributed by atoms with Crippen LogP contribution in [-0.2, 0) is 0 Å². The molecule has 0 spiro atoms. The summed E-state index contributed by atoms with van der Waals surface area (Å²) in [6.45, 7) is 6.06. The van der Waals surface area contributed by atoms with E-state index in [2.05, 4.69) is 16.8 Å². The Kier molecular flexibility index (Phi) is 3.84. The number of nitrogens with two attached hydrogens (primary N) is 1. The second-order valence-electron chi connectivity index (χ2n) is 5.08. The molecule has 0 saturated heterocycles. The predicted octanol–water partition coefficient (Wildman–Crippen LogP) is 2.30. The summed E-state index contributed by atoms with van der Waals surface area (Å²) in [5.41, 5.74) is 7.52. The zero-order chi connectivity index (χ0) is 13.1. The first-order chi connectivity index (χ1) is 8.63. The third kappa shape index (κ3) is 2.47. The molecule has 2 rings (SSSR count). The molecule has 0 aromatic carbocycles. The third-order valence-electron chi connectivity index (χ3n) is 3.79. The Balaban J connectivity index is 2.28. The van der Waals surface area contributed by atoms with Crippen LogP contribution in [0, 0.1) is 18.3 Å². The average molecular weight is 246 g/mol. The van der Waals surface area contributed by atoms with Gasteiger partial charge in [0.25, 0.3) is 0 Å². The predicted molar refractivity (Wildman–Crippen MR) is 75.2 cm³/mol. The lowest BCUT2D eigenvalue weighted by Crippen LogP contribution is -2.34. The molecule has 18 heavy (non-hydrogen) atoms. The van der Waals surface area contributed by atoms with Gasteiger partial charge in [0, 0.05) is 19.3 Å². The molecule has 0 unspecified atom stereocenters. The van der Waals surface area contributed by atoms with E-state index >= 15 is 0 Å². The van der Waals surface area contributed by atoms with Crippen molar-refractivity contribution in [3.8, 4) is 0 Å². The van der Waals surface area contributed by atoms with E-state index < -0.39 is 0 Å². The number of anilines is 1. The fourth-order valence-corrected chi connectivity index (χ4v) is 2.47. The maximum absolute atomic E-state index is 7.74. The molecule has 1 aliphatic rings. The maximum Gasteiger partial charge on any atom is 0.139 e.